The SMILES string of the molecule is Cc1csc(-c2nc3ncc(Br)cc3[nH]2)c1N. The maximum atomic E-state index is 6.01. The van der Waals surface area contributed by atoms with Crippen molar-refractivity contribution in [2.45, 2.75) is 6.92 Å². The molecule has 0 atom stereocenters. The zero-order valence-corrected chi connectivity index (χ0v) is 11.4. The molecule has 0 bridgehead atoms. The number of nitrogen functional groups attached to an aromatic ring is 1. The van der Waals surface area contributed by atoms with E-state index in [9.17, 15) is 0 Å². The molecule has 0 aliphatic rings. The summed E-state index contributed by atoms with van der Waals surface area (Å²) in [5.74, 6) is 0.779. The maximum absolute atomic E-state index is 6.01. The fourth-order valence-corrected chi connectivity index (χ4v) is 2.87. The normalized spacial score (nSPS) is 11.2. The molecule has 0 aromatic carbocycles. The zero-order valence-electron chi connectivity index (χ0n) is 8.99. The molecule has 0 fully saturated rings. The summed E-state index contributed by atoms with van der Waals surface area (Å²) < 4.78 is 0.926. The summed E-state index contributed by atoms with van der Waals surface area (Å²) >= 11 is 4.97. The Morgan fingerprint density at radius 3 is 3.00 bits per heavy atom. The maximum Gasteiger partial charge on any atom is 0.178 e. The highest BCUT2D eigenvalue weighted by Gasteiger charge is 2.12. The number of fused-ring (bicyclic) bond motifs is 1. The first-order valence-corrected chi connectivity index (χ1v) is 6.67. The predicted molar refractivity (Wildman–Crippen MR) is 74.1 cm³/mol. The summed E-state index contributed by atoms with van der Waals surface area (Å²) in [6.07, 6.45) is 1.73. The molecule has 6 heteroatoms. The molecular weight excluding hydrogens is 300 g/mol. The van der Waals surface area contributed by atoms with E-state index in [1.165, 1.54) is 0 Å². The average Bonchev–Trinajstić information content (AvgIpc) is 2.83. The number of halogens is 1. The minimum absolute atomic E-state index is 0.702. The standard InChI is InChI=1S/C11H9BrN4S/c1-5-4-17-9(8(5)13)11-15-7-2-6(12)3-14-10(7)16-11/h2-4H,13H2,1H3,(H,14,15,16). The number of aromatic amines is 1. The van der Waals surface area contributed by atoms with Gasteiger partial charge in [0.05, 0.1) is 16.1 Å². The summed E-state index contributed by atoms with van der Waals surface area (Å²) in [6, 6.07) is 1.95. The van der Waals surface area contributed by atoms with E-state index < -0.39 is 0 Å². The van der Waals surface area contributed by atoms with Gasteiger partial charge < -0.3 is 10.7 Å². The third-order valence-corrected chi connectivity index (χ3v) is 4.10. The molecule has 3 aromatic rings. The number of H-pyrrole nitrogens is 1. The van der Waals surface area contributed by atoms with Crippen LogP contribution in [0.5, 0.6) is 0 Å². The highest BCUT2D eigenvalue weighted by molar-refractivity contribution is 9.10. The van der Waals surface area contributed by atoms with Gasteiger partial charge in [-0.05, 0) is 39.9 Å². The van der Waals surface area contributed by atoms with Crippen LogP contribution in [0, 0.1) is 6.92 Å². The number of aromatic nitrogens is 3. The van der Waals surface area contributed by atoms with E-state index in [4.69, 9.17) is 5.73 Å². The number of pyridine rings is 1. The molecule has 4 nitrogen and oxygen atoms in total. The molecule has 86 valence electrons. The molecular formula is C11H9BrN4S. The highest BCUT2D eigenvalue weighted by Crippen LogP contribution is 2.33. The third-order valence-electron chi connectivity index (χ3n) is 2.54. The van der Waals surface area contributed by atoms with Crippen LogP contribution in [0.3, 0.4) is 0 Å². The van der Waals surface area contributed by atoms with Gasteiger partial charge in [0.2, 0.25) is 0 Å². The van der Waals surface area contributed by atoms with Crippen molar-refractivity contribution in [2.24, 2.45) is 0 Å². The number of hydrogen-bond acceptors (Lipinski definition) is 4. The van der Waals surface area contributed by atoms with Crippen LogP contribution in [0.1, 0.15) is 5.56 Å². The summed E-state index contributed by atoms with van der Waals surface area (Å²) in [5.41, 5.74) is 9.48. The van der Waals surface area contributed by atoms with E-state index in [1.807, 2.05) is 18.4 Å². The largest absolute Gasteiger partial charge is 0.397 e. The topological polar surface area (TPSA) is 67.6 Å². The van der Waals surface area contributed by atoms with E-state index in [2.05, 4.69) is 30.9 Å². The molecule has 3 aromatic heterocycles. The summed E-state index contributed by atoms with van der Waals surface area (Å²) in [4.78, 5) is 12.9. The Morgan fingerprint density at radius 2 is 2.29 bits per heavy atom. The number of rotatable bonds is 1. The van der Waals surface area contributed by atoms with Crippen molar-refractivity contribution in [3.63, 3.8) is 0 Å². The van der Waals surface area contributed by atoms with Crippen molar-refractivity contribution < 1.29 is 0 Å². The van der Waals surface area contributed by atoms with Crippen LogP contribution < -0.4 is 5.73 Å². The molecule has 0 saturated heterocycles. The first-order valence-electron chi connectivity index (χ1n) is 5.00. The highest BCUT2D eigenvalue weighted by atomic mass is 79.9. The van der Waals surface area contributed by atoms with Crippen LogP contribution in [-0.2, 0) is 0 Å². The first kappa shape index (κ1) is 10.7. The number of hydrogen-bond donors (Lipinski definition) is 2. The number of nitrogens with one attached hydrogen (secondary N) is 1. The van der Waals surface area contributed by atoms with Crippen LogP contribution in [-0.4, -0.2) is 15.0 Å². The first-order chi connectivity index (χ1) is 8.15. The summed E-state index contributed by atoms with van der Waals surface area (Å²) in [5, 5.41) is 2.03. The molecule has 0 amide bonds. The van der Waals surface area contributed by atoms with Gasteiger partial charge in [0.1, 0.15) is 0 Å². The second-order valence-corrected chi connectivity index (χ2v) is 5.57. The third kappa shape index (κ3) is 1.73. The lowest BCUT2D eigenvalue weighted by molar-refractivity contribution is 1.31. The van der Waals surface area contributed by atoms with Crippen molar-refractivity contribution in [1.82, 2.24) is 15.0 Å². The fourth-order valence-electron chi connectivity index (χ4n) is 1.62. The van der Waals surface area contributed by atoms with Gasteiger partial charge in [0, 0.05) is 10.7 Å². The quantitative estimate of drug-likeness (QED) is 0.724. The lowest BCUT2D eigenvalue weighted by atomic mass is 10.3. The number of thiophene rings is 1. The number of anilines is 1. The Bertz CT molecular complexity index is 701. The smallest absolute Gasteiger partial charge is 0.178 e. The Balaban J connectivity index is 2.21. The zero-order chi connectivity index (χ0) is 12.0. The predicted octanol–water partition coefficient (Wildman–Crippen LogP) is 3.34. The Morgan fingerprint density at radius 1 is 1.47 bits per heavy atom. The van der Waals surface area contributed by atoms with Gasteiger partial charge in [-0.1, -0.05) is 0 Å². The molecule has 3 heterocycles. The van der Waals surface area contributed by atoms with Crippen molar-refractivity contribution >= 4 is 44.1 Å². The van der Waals surface area contributed by atoms with E-state index in [0.29, 0.717) is 5.65 Å². The van der Waals surface area contributed by atoms with Gasteiger partial charge in [0.25, 0.3) is 0 Å². The van der Waals surface area contributed by atoms with Gasteiger partial charge >= 0.3 is 0 Å². The van der Waals surface area contributed by atoms with Crippen molar-refractivity contribution in [2.75, 3.05) is 5.73 Å². The van der Waals surface area contributed by atoms with Crippen LogP contribution >= 0.6 is 27.3 Å². The van der Waals surface area contributed by atoms with E-state index in [0.717, 1.165) is 31.9 Å². The molecule has 0 aliphatic carbocycles. The van der Waals surface area contributed by atoms with Gasteiger partial charge in [-0.2, -0.15) is 0 Å². The average molecular weight is 309 g/mol. The van der Waals surface area contributed by atoms with Crippen LogP contribution in [0.25, 0.3) is 21.9 Å². The van der Waals surface area contributed by atoms with Crippen molar-refractivity contribution in [3.8, 4) is 10.7 Å². The minimum atomic E-state index is 0.702. The minimum Gasteiger partial charge on any atom is -0.397 e. The number of nitrogens with zero attached hydrogens (tertiary/aromatic N) is 2. The molecule has 3 rings (SSSR count). The Kier molecular flexibility index (Phi) is 2.41. The Hall–Kier alpha value is -1.40. The monoisotopic (exact) mass is 308 g/mol. The fraction of sp³-hybridized carbons (Fsp3) is 0.0909. The molecule has 17 heavy (non-hydrogen) atoms. The molecule has 3 N–H and O–H groups in total. The van der Waals surface area contributed by atoms with Crippen LogP contribution in [0.4, 0.5) is 5.69 Å². The number of aryl methyl sites for hydroxylation is 1. The second kappa shape index (κ2) is 3.82. The van der Waals surface area contributed by atoms with Gasteiger partial charge in [-0.3, -0.25) is 0 Å². The number of nitrogens with two attached hydrogens (primary N) is 1. The van der Waals surface area contributed by atoms with E-state index >= 15 is 0 Å². The van der Waals surface area contributed by atoms with E-state index in [1.54, 1.807) is 17.5 Å². The van der Waals surface area contributed by atoms with Crippen molar-refractivity contribution in [1.29, 1.82) is 0 Å². The lowest BCUT2D eigenvalue weighted by Crippen LogP contribution is -1.88. The van der Waals surface area contributed by atoms with Gasteiger partial charge in [0.15, 0.2) is 11.5 Å². The van der Waals surface area contributed by atoms with Crippen molar-refractivity contribution in [3.05, 3.63) is 27.7 Å². The lowest BCUT2D eigenvalue weighted by Gasteiger charge is -1.94. The Labute approximate surface area is 110 Å². The number of imidazole rings is 1. The second-order valence-electron chi connectivity index (χ2n) is 3.77. The molecule has 0 aliphatic heterocycles. The summed E-state index contributed by atoms with van der Waals surface area (Å²) in [6.45, 7) is 1.99. The molecule has 0 unspecified atom stereocenters. The van der Waals surface area contributed by atoms with Gasteiger partial charge in [-0.15, -0.1) is 11.3 Å². The molecule has 0 saturated carbocycles. The van der Waals surface area contributed by atoms with E-state index in [-0.39, 0.29) is 0 Å². The summed E-state index contributed by atoms with van der Waals surface area (Å²) in [7, 11) is 0. The van der Waals surface area contributed by atoms with Crippen LogP contribution in [0.15, 0.2) is 22.1 Å². The molecule has 0 spiro atoms. The van der Waals surface area contributed by atoms with Crippen LogP contribution in [0.2, 0.25) is 0 Å². The molecule has 0 radical (unpaired) electrons. The van der Waals surface area contributed by atoms with Gasteiger partial charge in [-0.25, -0.2) is 9.97 Å².